The number of aromatic carboxylic acids is 1. The Bertz CT molecular complexity index is 783. The van der Waals surface area contributed by atoms with Crippen molar-refractivity contribution < 1.29 is 27.6 Å². The van der Waals surface area contributed by atoms with Crippen LogP contribution < -0.4 is 9.88 Å². The summed E-state index contributed by atoms with van der Waals surface area (Å²) in [6.07, 6.45) is 0. The summed E-state index contributed by atoms with van der Waals surface area (Å²) in [5, 5.41) is 17.5. The summed E-state index contributed by atoms with van der Waals surface area (Å²) in [6, 6.07) is 3.32. The second-order valence-corrected chi connectivity index (χ2v) is 5.57. The quantitative estimate of drug-likeness (QED) is 0.801. The molecule has 3 N–H and O–H groups in total. The van der Waals surface area contributed by atoms with Crippen molar-refractivity contribution in [1.29, 1.82) is 0 Å². The van der Waals surface area contributed by atoms with Crippen molar-refractivity contribution in [2.75, 3.05) is 0 Å². The Morgan fingerprint density at radius 3 is 2.71 bits per heavy atom. The molecule has 0 saturated carbocycles. The number of primary sulfonamides is 1. The number of benzene rings is 1. The van der Waals surface area contributed by atoms with E-state index in [4.69, 9.17) is 19.5 Å². The number of aromatic nitrogens is 2. The molecular formula is C11H11N3O6S. The molecule has 0 aliphatic carbocycles. The van der Waals surface area contributed by atoms with Gasteiger partial charge in [-0.2, -0.15) is 4.98 Å². The first kappa shape index (κ1) is 14.9. The minimum Gasteiger partial charge on any atom is -0.482 e. The first-order valence-electron chi connectivity index (χ1n) is 5.59. The fourth-order valence-corrected chi connectivity index (χ4v) is 2.22. The van der Waals surface area contributed by atoms with E-state index >= 15 is 0 Å². The van der Waals surface area contributed by atoms with Gasteiger partial charge in [-0.05, 0) is 25.1 Å². The highest BCUT2D eigenvalue weighted by Crippen LogP contribution is 2.25. The summed E-state index contributed by atoms with van der Waals surface area (Å²) in [6.45, 7) is 1.44. The van der Waals surface area contributed by atoms with Gasteiger partial charge >= 0.3 is 5.97 Å². The van der Waals surface area contributed by atoms with Crippen LogP contribution in [0.15, 0.2) is 27.6 Å². The van der Waals surface area contributed by atoms with Crippen molar-refractivity contribution in [3.8, 4) is 5.75 Å². The van der Waals surface area contributed by atoms with Gasteiger partial charge in [0.25, 0.3) is 5.89 Å². The lowest BCUT2D eigenvalue weighted by Crippen LogP contribution is -2.15. The van der Waals surface area contributed by atoms with E-state index < -0.39 is 20.9 Å². The van der Waals surface area contributed by atoms with E-state index in [9.17, 15) is 13.2 Å². The molecule has 112 valence electrons. The van der Waals surface area contributed by atoms with E-state index in [1.54, 1.807) is 6.92 Å². The number of rotatable bonds is 5. The Balaban J connectivity index is 2.32. The molecule has 2 rings (SSSR count). The monoisotopic (exact) mass is 313 g/mol. The molecule has 10 heteroatoms. The van der Waals surface area contributed by atoms with Gasteiger partial charge in [0.05, 0.1) is 5.56 Å². The summed E-state index contributed by atoms with van der Waals surface area (Å²) in [4.78, 5) is 14.3. The Hall–Kier alpha value is -2.46. The van der Waals surface area contributed by atoms with Crippen LogP contribution in [0, 0.1) is 6.92 Å². The average Bonchev–Trinajstić information content (AvgIpc) is 2.81. The van der Waals surface area contributed by atoms with Crippen molar-refractivity contribution in [2.45, 2.75) is 18.4 Å². The molecule has 0 atom stereocenters. The van der Waals surface area contributed by atoms with Crippen molar-refractivity contribution in [3.63, 3.8) is 0 Å². The summed E-state index contributed by atoms with van der Waals surface area (Å²) in [5.74, 6) is -0.825. The maximum Gasteiger partial charge on any atom is 0.335 e. The highest BCUT2D eigenvalue weighted by molar-refractivity contribution is 7.89. The van der Waals surface area contributed by atoms with Crippen molar-refractivity contribution >= 4 is 16.0 Å². The predicted octanol–water partition coefficient (Wildman–Crippen LogP) is 0.303. The van der Waals surface area contributed by atoms with Gasteiger partial charge in [-0.15, -0.1) is 0 Å². The minimum atomic E-state index is -4.14. The van der Waals surface area contributed by atoms with Gasteiger partial charge < -0.3 is 14.4 Å². The average molecular weight is 313 g/mol. The molecule has 0 amide bonds. The van der Waals surface area contributed by atoms with E-state index in [-0.39, 0.29) is 23.8 Å². The van der Waals surface area contributed by atoms with Crippen LogP contribution in [0.1, 0.15) is 22.1 Å². The third-order valence-corrected chi connectivity index (χ3v) is 3.35. The number of hydrogen-bond acceptors (Lipinski definition) is 7. The Labute approximate surface area is 119 Å². The number of nitrogens with zero attached hydrogens (tertiary/aromatic N) is 2. The van der Waals surface area contributed by atoms with Crippen LogP contribution in [0.3, 0.4) is 0 Å². The number of ether oxygens (including phenoxy) is 1. The fourth-order valence-electron chi connectivity index (χ4n) is 1.52. The molecule has 0 spiro atoms. The molecule has 21 heavy (non-hydrogen) atoms. The lowest BCUT2D eigenvalue weighted by molar-refractivity contribution is 0.0696. The van der Waals surface area contributed by atoms with E-state index in [0.29, 0.717) is 5.82 Å². The number of carboxylic acid groups (broad SMARTS) is 1. The van der Waals surface area contributed by atoms with Gasteiger partial charge in [0.15, 0.2) is 12.4 Å². The smallest absolute Gasteiger partial charge is 0.335 e. The second kappa shape index (κ2) is 5.50. The first-order valence-corrected chi connectivity index (χ1v) is 7.14. The molecule has 2 aromatic rings. The lowest BCUT2D eigenvalue weighted by Gasteiger charge is -2.09. The van der Waals surface area contributed by atoms with E-state index in [2.05, 4.69) is 10.1 Å². The molecule has 0 fully saturated rings. The number of aryl methyl sites for hydroxylation is 1. The molecule has 0 unspecified atom stereocenters. The van der Waals surface area contributed by atoms with Crippen molar-refractivity contribution in [2.24, 2.45) is 5.14 Å². The van der Waals surface area contributed by atoms with Crippen LogP contribution in [0.5, 0.6) is 5.75 Å². The van der Waals surface area contributed by atoms with Crippen LogP contribution >= 0.6 is 0 Å². The van der Waals surface area contributed by atoms with Gasteiger partial charge in [-0.3, -0.25) is 0 Å². The molecule has 1 aromatic carbocycles. The zero-order valence-electron chi connectivity index (χ0n) is 10.8. The van der Waals surface area contributed by atoms with E-state index in [1.165, 1.54) is 12.1 Å². The van der Waals surface area contributed by atoms with E-state index in [0.717, 1.165) is 6.07 Å². The third kappa shape index (κ3) is 3.55. The van der Waals surface area contributed by atoms with Gasteiger partial charge in [0, 0.05) is 0 Å². The van der Waals surface area contributed by atoms with Gasteiger partial charge in [-0.1, -0.05) is 5.16 Å². The molecule has 9 nitrogen and oxygen atoms in total. The van der Waals surface area contributed by atoms with Gasteiger partial charge in [0.2, 0.25) is 10.0 Å². The van der Waals surface area contributed by atoms with Crippen molar-refractivity contribution in [1.82, 2.24) is 10.1 Å². The Kier molecular flexibility index (Phi) is 3.91. The minimum absolute atomic E-state index is 0.0987. The Morgan fingerprint density at radius 1 is 1.48 bits per heavy atom. The number of carbonyl (C=O) groups is 1. The molecule has 0 aliphatic rings. The molecular weight excluding hydrogens is 302 g/mol. The zero-order chi connectivity index (χ0) is 15.6. The maximum absolute atomic E-state index is 11.5. The number of hydrogen-bond donors (Lipinski definition) is 2. The van der Waals surface area contributed by atoms with Crippen LogP contribution in [0.4, 0.5) is 0 Å². The molecule has 1 heterocycles. The topological polar surface area (TPSA) is 146 Å². The van der Waals surface area contributed by atoms with Crippen LogP contribution in [0.2, 0.25) is 0 Å². The summed E-state index contributed by atoms with van der Waals surface area (Å²) in [7, 11) is -4.14. The highest BCUT2D eigenvalue weighted by Gasteiger charge is 2.19. The van der Waals surface area contributed by atoms with E-state index in [1.807, 2.05) is 0 Å². The maximum atomic E-state index is 11.5. The van der Waals surface area contributed by atoms with Crippen LogP contribution in [-0.2, 0) is 16.6 Å². The van der Waals surface area contributed by atoms with Crippen LogP contribution in [-0.4, -0.2) is 29.6 Å². The predicted molar refractivity (Wildman–Crippen MR) is 68.1 cm³/mol. The normalized spacial score (nSPS) is 11.3. The SMILES string of the molecule is Cc1noc(COc2ccc(C(=O)O)cc2S(N)(=O)=O)n1. The summed E-state index contributed by atoms with van der Waals surface area (Å²) < 4.78 is 33.1. The molecule has 0 saturated heterocycles. The number of carboxylic acids is 1. The zero-order valence-corrected chi connectivity index (χ0v) is 11.6. The largest absolute Gasteiger partial charge is 0.482 e. The number of nitrogens with two attached hydrogens (primary N) is 1. The summed E-state index contributed by atoms with van der Waals surface area (Å²) in [5.41, 5.74) is -0.222. The summed E-state index contributed by atoms with van der Waals surface area (Å²) >= 11 is 0. The Morgan fingerprint density at radius 2 is 2.19 bits per heavy atom. The third-order valence-electron chi connectivity index (χ3n) is 2.42. The van der Waals surface area contributed by atoms with Gasteiger partial charge in [0.1, 0.15) is 10.6 Å². The van der Waals surface area contributed by atoms with Crippen LogP contribution in [0.25, 0.3) is 0 Å². The standard InChI is InChI=1S/C11H11N3O6S/c1-6-13-10(20-14-6)5-19-8-3-2-7(11(15)16)4-9(8)21(12,17)18/h2-4H,5H2,1H3,(H,15,16)(H2,12,17,18). The fraction of sp³-hybridized carbons (Fsp3) is 0.182. The van der Waals surface area contributed by atoms with Crippen molar-refractivity contribution in [3.05, 3.63) is 35.5 Å². The number of sulfonamides is 1. The highest BCUT2D eigenvalue weighted by atomic mass is 32.2. The lowest BCUT2D eigenvalue weighted by atomic mass is 10.2. The molecule has 0 aliphatic heterocycles. The molecule has 0 radical (unpaired) electrons. The van der Waals surface area contributed by atoms with Gasteiger partial charge in [-0.25, -0.2) is 18.4 Å². The second-order valence-electron chi connectivity index (χ2n) is 4.04. The molecule has 1 aromatic heterocycles. The first-order chi connectivity index (χ1) is 9.77. The molecule has 0 bridgehead atoms.